The van der Waals surface area contributed by atoms with Crippen LogP contribution in [0.4, 0.5) is 0 Å². The smallest absolute Gasteiger partial charge is 0.0329 e. The average molecular weight is 232 g/mol. The highest BCUT2D eigenvalue weighted by molar-refractivity contribution is 5.35. The van der Waals surface area contributed by atoms with Gasteiger partial charge in [-0.2, -0.15) is 0 Å². The van der Waals surface area contributed by atoms with Gasteiger partial charge in [-0.15, -0.1) is 0 Å². The summed E-state index contributed by atoms with van der Waals surface area (Å²) in [7, 11) is 2.15. The molecule has 94 valence electrons. The normalized spacial score (nSPS) is 20.1. The third-order valence-electron chi connectivity index (χ3n) is 3.90. The maximum Gasteiger partial charge on any atom is 0.0329 e. The second kappa shape index (κ2) is 4.11. The molecule has 1 saturated heterocycles. The van der Waals surface area contributed by atoms with Gasteiger partial charge in [-0.1, -0.05) is 45.0 Å². The lowest BCUT2D eigenvalue weighted by Crippen LogP contribution is -2.61. The summed E-state index contributed by atoms with van der Waals surface area (Å²) in [5, 5.41) is 0. The van der Waals surface area contributed by atoms with Crippen molar-refractivity contribution < 1.29 is 0 Å². The molecule has 1 heterocycles. The van der Waals surface area contributed by atoms with Crippen LogP contribution < -0.4 is 5.73 Å². The van der Waals surface area contributed by atoms with Crippen LogP contribution in [0.25, 0.3) is 0 Å². The molecule has 0 saturated carbocycles. The Labute approximate surface area is 105 Å². The molecule has 1 fully saturated rings. The third-order valence-corrected chi connectivity index (χ3v) is 3.90. The fourth-order valence-electron chi connectivity index (χ4n) is 2.74. The van der Waals surface area contributed by atoms with E-state index in [9.17, 15) is 0 Å². The second-order valence-corrected chi connectivity index (χ2v) is 6.48. The zero-order chi connectivity index (χ0) is 12.7. The monoisotopic (exact) mass is 232 g/mol. The minimum absolute atomic E-state index is 0.200. The van der Waals surface area contributed by atoms with Crippen molar-refractivity contribution in [2.75, 3.05) is 26.7 Å². The van der Waals surface area contributed by atoms with Crippen molar-refractivity contribution in [1.29, 1.82) is 0 Å². The fourth-order valence-corrected chi connectivity index (χ4v) is 2.74. The van der Waals surface area contributed by atoms with Crippen molar-refractivity contribution in [2.45, 2.75) is 31.6 Å². The summed E-state index contributed by atoms with van der Waals surface area (Å²) in [6.45, 7) is 9.65. The van der Waals surface area contributed by atoms with E-state index in [1.807, 2.05) is 0 Å². The van der Waals surface area contributed by atoms with E-state index in [-0.39, 0.29) is 10.8 Å². The lowest BCUT2D eigenvalue weighted by molar-refractivity contribution is 0.100. The fraction of sp³-hybridized carbons (Fsp3) is 0.600. The Hall–Kier alpha value is -0.860. The third kappa shape index (κ3) is 2.24. The maximum atomic E-state index is 5.96. The maximum absolute atomic E-state index is 5.96. The Bertz CT molecular complexity index is 380. The Morgan fingerprint density at radius 2 is 1.71 bits per heavy atom. The van der Waals surface area contributed by atoms with Gasteiger partial charge >= 0.3 is 0 Å². The van der Waals surface area contributed by atoms with Crippen molar-refractivity contribution in [2.24, 2.45) is 5.73 Å². The molecule has 2 N–H and O–H groups in total. The van der Waals surface area contributed by atoms with Crippen LogP contribution >= 0.6 is 0 Å². The first kappa shape index (κ1) is 12.6. The number of benzene rings is 1. The average Bonchev–Trinajstić information content (AvgIpc) is 2.23. The Kier molecular flexibility index (Phi) is 3.04. The standard InChI is InChI=1S/C15H24N2/c1-14(2,3)12-5-7-13(8-6-12)15(9-16)10-17(4)11-15/h5-8H,9-11,16H2,1-4H3. The molecular weight excluding hydrogens is 208 g/mol. The molecule has 0 unspecified atom stereocenters. The molecule has 0 amide bonds. The van der Waals surface area contributed by atoms with Crippen LogP contribution in [-0.4, -0.2) is 31.6 Å². The van der Waals surface area contributed by atoms with Crippen LogP contribution in [0.5, 0.6) is 0 Å². The van der Waals surface area contributed by atoms with Crippen LogP contribution in [0.3, 0.4) is 0 Å². The van der Waals surface area contributed by atoms with Crippen molar-refractivity contribution in [1.82, 2.24) is 4.90 Å². The number of likely N-dealkylation sites (N-methyl/N-ethyl adjacent to an activating group) is 1. The minimum atomic E-state index is 0.200. The molecule has 1 aliphatic rings. The lowest BCUT2D eigenvalue weighted by Gasteiger charge is -2.48. The number of nitrogens with zero attached hydrogens (tertiary/aromatic N) is 1. The highest BCUT2D eigenvalue weighted by Crippen LogP contribution is 2.33. The van der Waals surface area contributed by atoms with Crippen molar-refractivity contribution in [3.05, 3.63) is 35.4 Å². The van der Waals surface area contributed by atoms with Crippen molar-refractivity contribution in [3.8, 4) is 0 Å². The molecule has 0 spiro atoms. The molecule has 0 bridgehead atoms. The van der Waals surface area contributed by atoms with Gasteiger partial charge in [0.05, 0.1) is 0 Å². The molecule has 1 aliphatic heterocycles. The van der Waals surface area contributed by atoms with Gasteiger partial charge < -0.3 is 10.6 Å². The van der Waals surface area contributed by atoms with Crippen LogP contribution in [0.1, 0.15) is 31.9 Å². The molecule has 1 aromatic carbocycles. The summed E-state index contributed by atoms with van der Waals surface area (Å²) < 4.78 is 0. The van der Waals surface area contributed by atoms with E-state index < -0.39 is 0 Å². The molecule has 0 radical (unpaired) electrons. The molecule has 0 aliphatic carbocycles. The van der Waals surface area contributed by atoms with E-state index in [0.717, 1.165) is 19.6 Å². The van der Waals surface area contributed by atoms with Gasteiger partial charge in [0, 0.05) is 25.0 Å². The topological polar surface area (TPSA) is 29.3 Å². The first-order chi connectivity index (χ1) is 7.87. The molecule has 17 heavy (non-hydrogen) atoms. The van der Waals surface area contributed by atoms with Crippen LogP contribution in [0, 0.1) is 0 Å². The van der Waals surface area contributed by atoms with E-state index in [1.165, 1.54) is 11.1 Å². The molecular formula is C15H24N2. The summed E-state index contributed by atoms with van der Waals surface area (Å²) >= 11 is 0. The van der Waals surface area contributed by atoms with Crippen LogP contribution in [0.2, 0.25) is 0 Å². The Morgan fingerprint density at radius 1 is 1.18 bits per heavy atom. The predicted molar refractivity (Wildman–Crippen MR) is 73.4 cm³/mol. The molecule has 1 aromatic rings. The summed E-state index contributed by atoms with van der Waals surface area (Å²) in [6, 6.07) is 9.04. The minimum Gasteiger partial charge on any atom is -0.329 e. The summed E-state index contributed by atoms with van der Waals surface area (Å²) in [5.74, 6) is 0. The molecule has 0 atom stereocenters. The van der Waals surface area contributed by atoms with Crippen molar-refractivity contribution >= 4 is 0 Å². The first-order valence-electron chi connectivity index (χ1n) is 6.37. The van der Waals surface area contributed by atoms with E-state index in [2.05, 4.69) is 57.0 Å². The van der Waals surface area contributed by atoms with E-state index in [0.29, 0.717) is 0 Å². The van der Waals surface area contributed by atoms with Gasteiger partial charge in [0.25, 0.3) is 0 Å². The van der Waals surface area contributed by atoms with Gasteiger partial charge in [-0.3, -0.25) is 0 Å². The summed E-state index contributed by atoms with van der Waals surface area (Å²) in [5.41, 5.74) is 9.17. The first-order valence-corrected chi connectivity index (χ1v) is 6.37. The Morgan fingerprint density at radius 3 is 2.06 bits per heavy atom. The van der Waals surface area contributed by atoms with Crippen LogP contribution in [-0.2, 0) is 10.8 Å². The van der Waals surface area contributed by atoms with Gasteiger partial charge in [0.2, 0.25) is 0 Å². The number of hydrogen-bond donors (Lipinski definition) is 1. The Balaban J connectivity index is 2.24. The lowest BCUT2D eigenvalue weighted by atomic mass is 9.73. The number of hydrogen-bond acceptors (Lipinski definition) is 2. The molecule has 2 nitrogen and oxygen atoms in total. The SMILES string of the molecule is CN1CC(CN)(c2ccc(C(C)(C)C)cc2)C1. The van der Waals surface area contributed by atoms with E-state index in [4.69, 9.17) is 5.73 Å². The van der Waals surface area contributed by atoms with Gasteiger partial charge in [0.1, 0.15) is 0 Å². The highest BCUT2D eigenvalue weighted by Gasteiger charge is 2.41. The van der Waals surface area contributed by atoms with E-state index >= 15 is 0 Å². The molecule has 2 rings (SSSR count). The van der Waals surface area contributed by atoms with E-state index in [1.54, 1.807) is 0 Å². The largest absolute Gasteiger partial charge is 0.329 e. The number of nitrogens with two attached hydrogens (primary N) is 1. The molecule has 0 aromatic heterocycles. The molecule has 2 heteroatoms. The summed E-state index contributed by atoms with van der Waals surface area (Å²) in [6.07, 6.45) is 0. The van der Waals surface area contributed by atoms with Gasteiger partial charge in [-0.25, -0.2) is 0 Å². The summed E-state index contributed by atoms with van der Waals surface area (Å²) in [4.78, 5) is 2.32. The second-order valence-electron chi connectivity index (χ2n) is 6.48. The number of likely N-dealkylation sites (tertiary alicyclic amines) is 1. The van der Waals surface area contributed by atoms with Gasteiger partial charge in [0.15, 0.2) is 0 Å². The predicted octanol–water partition coefficient (Wildman–Crippen LogP) is 2.13. The number of rotatable bonds is 2. The van der Waals surface area contributed by atoms with Crippen molar-refractivity contribution in [3.63, 3.8) is 0 Å². The van der Waals surface area contributed by atoms with Gasteiger partial charge in [-0.05, 0) is 23.6 Å². The quantitative estimate of drug-likeness (QED) is 0.846. The zero-order valence-electron chi connectivity index (χ0n) is 11.5. The zero-order valence-corrected chi connectivity index (χ0v) is 11.5. The van der Waals surface area contributed by atoms with Crippen LogP contribution in [0.15, 0.2) is 24.3 Å². The highest BCUT2D eigenvalue weighted by atomic mass is 15.2.